The van der Waals surface area contributed by atoms with E-state index in [1.807, 2.05) is 0 Å². The van der Waals surface area contributed by atoms with Crippen LogP contribution in [0.1, 0.15) is 33.4 Å². The molecule has 0 saturated carbocycles. The van der Waals surface area contributed by atoms with Crippen LogP contribution >= 0.6 is 0 Å². The van der Waals surface area contributed by atoms with Gasteiger partial charge in [0.1, 0.15) is 0 Å². The van der Waals surface area contributed by atoms with Gasteiger partial charge in [0, 0.05) is 0 Å². The topological polar surface area (TPSA) is 0 Å². The molecule has 0 heterocycles. The first kappa shape index (κ1) is 18.7. The fourth-order valence-corrected chi connectivity index (χ4v) is 6.56. The fourth-order valence-electron chi connectivity index (χ4n) is 6.56. The summed E-state index contributed by atoms with van der Waals surface area (Å²) in [5.74, 6) is 0. The molecule has 7 rings (SSSR count). The molecule has 1 spiro atoms. The van der Waals surface area contributed by atoms with Crippen molar-refractivity contribution in [3.05, 3.63) is 143 Å². The molecule has 0 N–H and O–H groups in total. The second-order valence-electron chi connectivity index (χ2n) is 9.44. The maximum Gasteiger partial charge on any atom is 0.0725 e. The van der Waals surface area contributed by atoms with Gasteiger partial charge in [-0.05, 0) is 75.0 Å². The van der Waals surface area contributed by atoms with E-state index in [9.17, 15) is 0 Å². The van der Waals surface area contributed by atoms with Gasteiger partial charge in [-0.2, -0.15) is 0 Å². The number of rotatable bonds is 0. The Labute approximate surface area is 195 Å². The predicted octanol–water partition coefficient (Wildman–Crippen LogP) is 8.31. The Hall–Kier alpha value is -3.90. The Balaban J connectivity index is 1.80. The molecule has 0 nitrogen and oxygen atoms in total. The monoisotopic (exact) mass is 420 g/mol. The maximum absolute atomic E-state index is 2.44. The lowest BCUT2D eigenvalue weighted by molar-refractivity contribution is 0.773. The third-order valence-corrected chi connectivity index (χ3v) is 7.65. The van der Waals surface area contributed by atoms with Gasteiger partial charge in [-0.1, -0.05) is 115 Å². The van der Waals surface area contributed by atoms with Crippen LogP contribution in [0.4, 0.5) is 0 Å². The third kappa shape index (κ3) is 2.26. The van der Waals surface area contributed by atoms with Gasteiger partial charge in [-0.25, -0.2) is 0 Å². The highest BCUT2D eigenvalue weighted by molar-refractivity contribution is 5.97. The van der Waals surface area contributed by atoms with Gasteiger partial charge in [0.25, 0.3) is 0 Å². The average molecular weight is 421 g/mol. The number of benzene rings is 5. The molecular weight excluding hydrogens is 396 g/mol. The molecule has 0 aliphatic heterocycles. The molecule has 0 saturated heterocycles. The minimum Gasteiger partial charge on any atom is -0.0619 e. The summed E-state index contributed by atoms with van der Waals surface area (Å²) in [5, 5.41) is 0. The second kappa shape index (κ2) is 6.56. The fraction of sp³-hybridized carbons (Fsp3) is 0.0909. The molecule has 0 fully saturated rings. The lowest BCUT2D eigenvalue weighted by atomic mass is 9.65. The molecule has 0 atom stereocenters. The summed E-state index contributed by atoms with van der Waals surface area (Å²) >= 11 is 0. The lowest BCUT2D eigenvalue weighted by Crippen LogP contribution is -2.29. The summed E-state index contributed by atoms with van der Waals surface area (Å²) in [7, 11) is 0. The first-order valence-electron chi connectivity index (χ1n) is 11.7. The van der Waals surface area contributed by atoms with Crippen molar-refractivity contribution in [2.24, 2.45) is 0 Å². The molecule has 5 aromatic carbocycles. The summed E-state index contributed by atoms with van der Waals surface area (Å²) in [6.45, 7) is 4.51. The summed E-state index contributed by atoms with van der Waals surface area (Å²) in [6.07, 6.45) is 0. The van der Waals surface area contributed by atoms with Crippen molar-refractivity contribution in [2.75, 3.05) is 0 Å². The molecule has 5 aromatic rings. The standard InChI is InChI=1S/C33H24/c1-21-19-22(2)32-27-15-4-3-11-23(27)24-12-5-8-16-28(24)33(31(32)20-21)29-17-9-6-13-25(29)26-14-7-10-18-30(26)33/h3-20H,1-2H3. The maximum atomic E-state index is 2.44. The average Bonchev–Trinajstić information content (AvgIpc) is 3.09. The van der Waals surface area contributed by atoms with Crippen LogP contribution in [0.3, 0.4) is 0 Å². The van der Waals surface area contributed by atoms with E-state index in [1.54, 1.807) is 0 Å². The van der Waals surface area contributed by atoms with Gasteiger partial charge in [-0.15, -0.1) is 0 Å². The normalized spacial score (nSPS) is 14.0. The van der Waals surface area contributed by atoms with Crippen molar-refractivity contribution in [2.45, 2.75) is 19.3 Å². The smallest absolute Gasteiger partial charge is 0.0619 e. The highest BCUT2D eigenvalue weighted by Gasteiger charge is 2.49. The number of hydrogen-bond acceptors (Lipinski definition) is 0. The minimum atomic E-state index is -0.352. The number of aryl methyl sites for hydroxylation is 2. The van der Waals surface area contributed by atoms with Crippen LogP contribution in [0.15, 0.2) is 109 Å². The van der Waals surface area contributed by atoms with Crippen LogP contribution in [0.2, 0.25) is 0 Å². The van der Waals surface area contributed by atoms with Crippen LogP contribution in [0.25, 0.3) is 33.4 Å². The van der Waals surface area contributed by atoms with Gasteiger partial charge in [0.05, 0.1) is 5.41 Å². The van der Waals surface area contributed by atoms with Crippen molar-refractivity contribution < 1.29 is 0 Å². The quantitative estimate of drug-likeness (QED) is 0.231. The Morgan fingerprint density at radius 1 is 0.424 bits per heavy atom. The van der Waals surface area contributed by atoms with E-state index in [2.05, 4.69) is 123 Å². The molecule has 2 aliphatic carbocycles. The SMILES string of the molecule is Cc1cc(C)c2c(c1)C1(c3ccccc3-c3ccccc3-2)c2ccccc2-c2ccccc21. The van der Waals surface area contributed by atoms with Crippen LogP contribution < -0.4 is 0 Å². The Kier molecular flexibility index (Phi) is 3.71. The molecule has 156 valence electrons. The number of hydrogen-bond donors (Lipinski definition) is 0. The minimum absolute atomic E-state index is 0.352. The molecule has 0 amide bonds. The Morgan fingerprint density at radius 3 is 1.39 bits per heavy atom. The van der Waals surface area contributed by atoms with Crippen LogP contribution in [0.5, 0.6) is 0 Å². The van der Waals surface area contributed by atoms with E-state index in [0.29, 0.717) is 0 Å². The van der Waals surface area contributed by atoms with Crippen molar-refractivity contribution >= 4 is 0 Å². The zero-order valence-corrected chi connectivity index (χ0v) is 18.9. The molecule has 0 unspecified atom stereocenters. The molecule has 0 radical (unpaired) electrons. The van der Waals surface area contributed by atoms with Gasteiger partial charge in [0.15, 0.2) is 0 Å². The van der Waals surface area contributed by atoms with Crippen LogP contribution in [0, 0.1) is 13.8 Å². The summed E-state index contributed by atoms with van der Waals surface area (Å²) in [6, 6.07) is 40.9. The highest BCUT2D eigenvalue weighted by atomic mass is 14.5. The van der Waals surface area contributed by atoms with Gasteiger partial charge in [0.2, 0.25) is 0 Å². The largest absolute Gasteiger partial charge is 0.0725 e. The van der Waals surface area contributed by atoms with Gasteiger partial charge < -0.3 is 0 Å². The number of fused-ring (bicyclic) bond motifs is 12. The summed E-state index contributed by atoms with van der Waals surface area (Å²) < 4.78 is 0. The van der Waals surface area contributed by atoms with Crippen molar-refractivity contribution in [1.82, 2.24) is 0 Å². The van der Waals surface area contributed by atoms with E-state index in [1.165, 1.54) is 66.8 Å². The molecule has 0 aromatic heterocycles. The Morgan fingerprint density at radius 2 is 0.848 bits per heavy atom. The molecular formula is C33H24. The summed E-state index contributed by atoms with van der Waals surface area (Å²) in [5.41, 5.74) is 15.9. The van der Waals surface area contributed by atoms with Crippen molar-refractivity contribution in [1.29, 1.82) is 0 Å². The zero-order chi connectivity index (χ0) is 22.2. The highest BCUT2D eigenvalue weighted by Crippen LogP contribution is 2.61. The van der Waals surface area contributed by atoms with Crippen LogP contribution in [-0.4, -0.2) is 0 Å². The van der Waals surface area contributed by atoms with E-state index < -0.39 is 0 Å². The lowest BCUT2D eigenvalue weighted by Gasteiger charge is -2.36. The third-order valence-electron chi connectivity index (χ3n) is 7.65. The molecule has 33 heavy (non-hydrogen) atoms. The first-order chi connectivity index (χ1) is 16.2. The zero-order valence-electron chi connectivity index (χ0n) is 18.9. The second-order valence-corrected chi connectivity index (χ2v) is 9.44. The van der Waals surface area contributed by atoms with Gasteiger partial charge in [-0.3, -0.25) is 0 Å². The van der Waals surface area contributed by atoms with E-state index in [4.69, 9.17) is 0 Å². The van der Waals surface area contributed by atoms with Crippen LogP contribution in [-0.2, 0) is 5.41 Å². The van der Waals surface area contributed by atoms with Gasteiger partial charge >= 0.3 is 0 Å². The predicted molar refractivity (Wildman–Crippen MR) is 138 cm³/mol. The van der Waals surface area contributed by atoms with E-state index in [0.717, 1.165) is 0 Å². The van der Waals surface area contributed by atoms with Crippen molar-refractivity contribution in [3.8, 4) is 33.4 Å². The Bertz CT molecular complexity index is 1540. The first-order valence-corrected chi connectivity index (χ1v) is 11.7. The van der Waals surface area contributed by atoms with E-state index in [-0.39, 0.29) is 5.41 Å². The van der Waals surface area contributed by atoms with Crippen molar-refractivity contribution in [3.63, 3.8) is 0 Å². The molecule has 0 bridgehead atoms. The summed E-state index contributed by atoms with van der Waals surface area (Å²) in [4.78, 5) is 0. The molecule has 0 heteroatoms. The van der Waals surface area contributed by atoms with E-state index >= 15 is 0 Å². The molecule has 2 aliphatic rings.